The summed E-state index contributed by atoms with van der Waals surface area (Å²) < 4.78 is 31.7. The van der Waals surface area contributed by atoms with Crippen LogP contribution in [-0.2, 0) is 31.4 Å². The van der Waals surface area contributed by atoms with Crippen molar-refractivity contribution in [3.05, 3.63) is 112 Å². The van der Waals surface area contributed by atoms with Crippen molar-refractivity contribution in [2.24, 2.45) is 4.99 Å². The van der Waals surface area contributed by atoms with E-state index >= 15 is 0 Å². The summed E-state index contributed by atoms with van der Waals surface area (Å²) in [6.45, 7) is 1.07. The normalized spacial score (nSPS) is 22.0. The lowest BCUT2D eigenvalue weighted by Gasteiger charge is -2.37. The molecular formula is C38H41N6O6PS3. The quantitative estimate of drug-likeness (QED) is 0.101. The predicted octanol–water partition coefficient (Wildman–Crippen LogP) is 7.28. The van der Waals surface area contributed by atoms with E-state index in [1.54, 1.807) is 43.3 Å². The number of H-pyrrole nitrogens is 1. The van der Waals surface area contributed by atoms with E-state index in [4.69, 9.17) is 40.3 Å². The van der Waals surface area contributed by atoms with Gasteiger partial charge in [0.25, 0.3) is 5.56 Å². The van der Waals surface area contributed by atoms with Crippen molar-refractivity contribution in [1.29, 1.82) is 0 Å². The van der Waals surface area contributed by atoms with E-state index < -0.39 is 28.7 Å². The summed E-state index contributed by atoms with van der Waals surface area (Å²) >= 11 is 9.57. The Balaban J connectivity index is 1.18. The van der Waals surface area contributed by atoms with Crippen molar-refractivity contribution in [3.8, 4) is 11.5 Å². The number of aromatic nitrogens is 4. The molecule has 54 heavy (non-hydrogen) atoms. The highest BCUT2D eigenvalue weighted by Gasteiger charge is 2.45. The molecular weight excluding hydrogens is 764 g/mol. The number of hydrogen-bond donors (Lipinski definition) is 1. The van der Waals surface area contributed by atoms with Crippen molar-refractivity contribution in [3.63, 3.8) is 0 Å². The molecule has 2 aromatic heterocycles. The first-order valence-electron chi connectivity index (χ1n) is 17.8. The van der Waals surface area contributed by atoms with E-state index in [0.29, 0.717) is 12.1 Å². The van der Waals surface area contributed by atoms with Gasteiger partial charge in [0, 0.05) is 37.9 Å². The van der Waals surface area contributed by atoms with Crippen LogP contribution in [0.1, 0.15) is 42.2 Å². The lowest BCUT2D eigenvalue weighted by atomic mass is 9.80. The number of rotatable bonds is 12. The van der Waals surface area contributed by atoms with Gasteiger partial charge in [-0.3, -0.25) is 14.3 Å². The number of imidazole rings is 1. The van der Waals surface area contributed by atoms with E-state index in [-0.39, 0.29) is 23.6 Å². The van der Waals surface area contributed by atoms with Gasteiger partial charge in [0.2, 0.25) is 5.95 Å². The fraction of sp³-hybridized carbons (Fsp3) is 0.368. The van der Waals surface area contributed by atoms with Gasteiger partial charge in [-0.15, -0.1) is 0 Å². The van der Waals surface area contributed by atoms with Crippen molar-refractivity contribution < 1.29 is 23.5 Å². The Hall–Kier alpha value is -3.69. The molecule has 8 rings (SSSR count). The number of amidine groups is 1. The molecule has 3 saturated heterocycles. The number of nitrogens with one attached hydrogen (secondary N) is 1. The first kappa shape index (κ1) is 37.2. The topological polar surface area (TPSA) is 125 Å². The molecule has 282 valence electrons. The van der Waals surface area contributed by atoms with Gasteiger partial charge in [-0.1, -0.05) is 77.4 Å². The Kier molecular flexibility index (Phi) is 10.9. The second-order valence-corrected chi connectivity index (χ2v) is 23.9. The minimum Gasteiger partial charge on any atom is -0.497 e. The fourth-order valence-corrected chi connectivity index (χ4v) is 16.6. The highest BCUT2D eigenvalue weighted by molar-refractivity contribution is 9.00. The zero-order chi connectivity index (χ0) is 37.3. The third-order valence-electron chi connectivity index (χ3n) is 9.96. The summed E-state index contributed by atoms with van der Waals surface area (Å²) in [6.07, 6.45) is 2.43. The number of fused-ring (bicyclic) bond motifs is 1. The molecule has 0 radical (unpaired) electrons. The number of benzene rings is 3. The maximum Gasteiger partial charge on any atom is 0.280 e. The molecule has 0 unspecified atom stereocenters. The average Bonchev–Trinajstić information content (AvgIpc) is 4.01. The van der Waals surface area contributed by atoms with Crippen LogP contribution < -0.4 is 15.0 Å². The second kappa shape index (κ2) is 15.8. The molecule has 5 aromatic rings. The van der Waals surface area contributed by atoms with Crippen molar-refractivity contribution in [1.82, 2.24) is 24.4 Å². The minimum atomic E-state index is -2.22. The molecule has 5 heterocycles. The number of likely N-dealkylation sites (tertiary alicyclic amines) is 1. The molecule has 0 amide bonds. The standard InChI is InChI=1S/C38H41N6O6PS3/c1-43-19-7-10-32(43)40-37-41-35-34(36(45)42-37)39-24-44(35)33-22-30(50-51(52)53-20-21-54-51)31(49-33)23-48-38(25-8-5-4-6-9-25,26-11-15-28(46-2)16-12-26)27-13-17-29(47-3)18-14-27/h4-6,8-9,11-18,24,30-31,33H,7,10,19-23H2,1-3H3,(H,41,42,45)/b40-32+/t30-,31+,33+/m0/s1. The van der Waals surface area contributed by atoms with Gasteiger partial charge in [-0.25, -0.2) is 4.98 Å². The molecule has 3 atom stereocenters. The van der Waals surface area contributed by atoms with Crippen molar-refractivity contribution in [2.75, 3.05) is 45.9 Å². The highest BCUT2D eigenvalue weighted by atomic mass is 33.2. The van der Waals surface area contributed by atoms with Gasteiger partial charge < -0.3 is 28.4 Å². The molecule has 16 heteroatoms. The Morgan fingerprint density at radius 2 is 1.63 bits per heavy atom. The average molecular weight is 805 g/mol. The largest absolute Gasteiger partial charge is 0.497 e. The highest BCUT2D eigenvalue weighted by Crippen LogP contribution is 2.75. The summed E-state index contributed by atoms with van der Waals surface area (Å²) in [6, 6.07) is 26.0. The number of hydrogen-bond acceptors (Lipinski definition) is 12. The van der Waals surface area contributed by atoms with Gasteiger partial charge in [0.1, 0.15) is 35.3 Å². The summed E-state index contributed by atoms with van der Waals surface area (Å²) in [5.41, 5.74) is 1.96. The van der Waals surface area contributed by atoms with E-state index in [9.17, 15) is 4.79 Å². The monoisotopic (exact) mass is 804 g/mol. The molecule has 0 saturated carbocycles. The summed E-state index contributed by atoms with van der Waals surface area (Å²) in [5, 5.41) is 0. The Bertz CT molecular complexity index is 2180. The van der Waals surface area contributed by atoms with Gasteiger partial charge in [-0.05, 0) is 59.2 Å². The summed E-state index contributed by atoms with van der Waals surface area (Å²) in [4.78, 5) is 32.0. The van der Waals surface area contributed by atoms with E-state index in [1.165, 1.54) is 0 Å². The van der Waals surface area contributed by atoms with Crippen LogP contribution >= 0.6 is 27.4 Å². The van der Waals surface area contributed by atoms with Gasteiger partial charge in [0.15, 0.2) is 15.8 Å². The van der Waals surface area contributed by atoms with Crippen molar-refractivity contribution >= 4 is 62.2 Å². The van der Waals surface area contributed by atoms with E-state index in [0.717, 1.165) is 64.9 Å². The number of nitrogens with zero attached hydrogens (tertiary/aromatic N) is 5. The predicted molar refractivity (Wildman–Crippen MR) is 218 cm³/mol. The maximum absolute atomic E-state index is 13.2. The molecule has 0 spiro atoms. The molecule has 3 fully saturated rings. The van der Waals surface area contributed by atoms with Crippen LogP contribution in [0.5, 0.6) is 11.5 Å². The van der Waals surface area contributed by atoms with E-state index in [1.807, 2.05) is 78.3 Å². The van der Waals surface area contributed by atoms with Crippen molar-refractivity contribution in [2.45, 2.75) is 43.3 Å². The maximum atomic E-state index is 13.2. The molecule has 3 aliphatic heterocycles. The van der Waals surface area contributed by atoms with Gasteiger partial charge in [0.05, 0.1) is 33.3 Å². The van der Waals surface area contributed by atoms with Crippen LogP contribution in [0.25, 0.3) is 11.2 Å². The molecule has 0 bridgehead atoms. The molecule has 3 aliphatic rings. The van der Waals surface area contributed by atoms with Crippen LogP contribution in [-0.4, -0.2) is 88.4 Å². The lowest BCUT2D eigenvalue weighted by molar-refractivity contribution is -0.0891. The van der Waals surface area contributed by atoms with Crippen LogP contribution in [0.2, 0.25) is 0 Å². The van der Waals surface area contributed by atoms with Gasteiger partial charge >= 0.3 is 0 Å². The summed E-state index contributed by atoms with van der Waals surface area (Å²) in [7, 11) is 5.30. The third kappa shape index (κ3) is 7.35. The zero-order valence-electron chi connectivity index (χ0n) is 30.1. The SMILES string of the molecule is COc1ccc(C(OC[C@H]2O[C@@H](n3cnc4c(=O)[nH]c(/N=C5\CCCN5C)nc43)C[C@@H]2OP2(=S)SCCS2)(c2ccccc2)c2ccc(OC)cc2)cc1. The number of methoxy groups -OCH3 is 2. The molecule has 12 nitrogen and oxygen atoms in total. The van der Waals surface area contributed by atoms with Crippen LogP contribution in [0.15, 0.2) is 95.0 Å². The van der Waals surface area contributed by atoms with Gasteiger partial charge in [-0.2, -0.15) is 9.98 Å². The first-order chi connectivity index (χ1) is 26.3. The van der Waals surface area contributed by atoms with Crippen LogP contribution in [0.3, 0.4) is 0 Å². The van der Waals surface area contributed by atoms with Crippen LogP contribution in [0, 0.1) is 0 Å². The Morgan fingerprint density at radius 3 is 2.24 bits per heavy atom. The smallest absolute Gasteiger partial charge is 0.280 e. The van der Waals surface area contributed by atoms with Crippen LogP contribution in [0.4, 0.5) is 5.95 Å². The number of aliphatic imine (C=N–C) groups is 1. The molecule has 3 aromatic carbocycles. The summed E-state index contributed by atoms with van der Waals surface area (Å²) in [5.74, 6) is 4.50. The molecule has 1 N–H and O–H groups in total. The minimum absolute atomic E-state index is 0.157. The lowest BCUT2D eigenvalue weighted by Crippen LogP contribution is -2.38. The first-order valence-corrected chi connectivity index (χ1v) is 23.7. The Morgan fingerprint density at radius 1 is 0.981 bits per heavy atom. The zero-order valence-corrected chi connectivity index (χ0v) is 33.5. The Labute approximate surface area is 326 Å². The molecule has 0 aliphatic carbocycles. The van der Waals surface area contributed by atoms with E-state index in [2.05, 4.69) is 32.0 Å². The fourth-order valence-electron chi connectivity index (χ4n) is 7.21. The number of ether oxygens (including phenoxy) is 4. The number of aromatic amines is 1. The second-order valence-electron chi connectivity index (χ2n) is 13.2. The third-order valence-corrected chi connectivity index (χ3v) is 19.7.